The van der Waals surface area contributed by atoms with Crippen LogP contribution in [0.4, 0.5) is 4.79 Å². The molecule has 0 aliphatic carbocycles. The van der Waals surface area contributed by atoms with Gasteiger partial charge in [-0.3, -0.25) is 19.2 Å². The molecule has 0 saturated heterocycles. The lowest BCUT2D eigenvalue weighted by Gasteiger charge is -2.33. The van der Waals surface area contributed by atoms with Gasteiger partial charge in [0.05, 0.1) is 13.5 Å². The molecule has 0 heterocycles. The molecule has 0 aromatic heterocycles. The molecular weight excluding hydrogens is 456 g/mol. The zero-order valence-electron chi connectivity index (χ0n) is 21.2. The van der Waals surface area contributed by atoms with Gasteiger partial charge in [0.15, 0.2) is 0 Å². The highest BCUT2D eigenvalue weighted by Crippen LogP contribution is 2.23. The average Bonchev–Trinajstić information content (AvgIpc) is 2.78. The van der Waals surface area contributed by atoms with Crippen LogP contribution in [0.3, 0.4) is 0 Å². The molecule has 0 spiro atoms. The van der Waals surface area contributed by atoms with Crippen LogP contribution in [0.1, 0.15) is 58.2 Å². The second kappa shape index (κ2) is 13.3. The fraction of sp³-hybridized carbons (Fsp3) is 0.542. The molecule has 1 aromatic rings. The number of alkyl carbamates (subject to hydrolysis) is 1. The van der Waals surface area contributed by atoms with Crippen molar-refractivity contribution in [3.63, 3.8) is 0 Å². The Kier molecular flexibility index (Phi) is 11.2. The predicted octanol–water partition coefficient (Wildman–Crippen LogP) is 1.20. The summed E-state index contributed by atoms with van der Waals surface area (Å²) in [6, 6.07) is 4.55. The Morgan fingerprint density at radius 1 is 1.06 bits per heavy atom. The molecule has 1 aromatic carbocycles. The molecule has 11 heteroatoms. The highest BCUT2D eigenvalue weighted by molar-refractivity contribution is 5.95. The van der Waals surface area contributed by atoms with E-state index >= 15 is 0 Å². The minimum atomic E-state index is -1.37. The fourth-order valence-corrected chi connectivity index (χ4v) is 3.25. The Morgan fingerprint density at radius 3 is 2.11 bits per heavy atom. The number of nitrogens with zero attached hydrogens (tertiary/aromatic N) is 1. The van der Waals surface area contributed by atoms with Crippen LogP contribution in [0.2, 0.25) is 0 Å². The predicted molar refractivity (Wildman–Crippen MR) is 128 cm³/mol. The number of ether oxygens (including phenoxy) is 2. The zero-order valence-corrected chi connectivity index (χ0v) is 21.2. The minimum Gasteiger partial charge on any atom is -0.468 e. The minimum absolute atomic E-state index is 0.0515. The molecule has 1 rings (SSSR count). The number of amides is 4. The van der Waals surface area contributed by atoms with Crippen molar-refractivity contribution in [2.75, 3.05) is 20.2 Å². The highest BCUT2D eigenvalue weighted by atomic mass is 16.6. The quantitative estimate of drug-likeness (QED) is 0.392. The van der Waals surface area contributed by atoms with E-state index in [4.69, 9.17) is 10.5 Å². The number of methoxy groups -OCH3 is 1. The summed E-state index contributed by atoms with van der Waals surface area (Å²) in [4.78, 5) is 63.5. The number of rotatable bonds is 11. The molecule has 4 amide bonds. The highest BCUT2D eigenvalue weighted by Gasteiger charge is 2.36. The van der Waals surface area contributed by atoms with E-state index in [1.165, 1.54) is 12.0 Å². The Morgan fingerprint density at radius 2 is 1.66 bits per heavy atom. The van der Waals surface area contributed by atoms with Crippen molar-refractivity contribution in [3.05, 3.63) is 35.4 Å². The van der Waals surface area contributed by atoms with Gasteiger partial charge in [0.25, 0.3) is 0 Å². The van der Waals surface area contributed by atoms with Crippen LogP contribution in [0.15, 0.2) is 24.3 Å². The second-order valence-electron chi connectivity index (χ2n) is 8.79. The van der Waals surface area contributed by atoms with Crippen LogP contribution in [0, 0.1) is 0 Å². The third-order valence-electron chi connectivity index (χ3n) is 4.92. The summed E-state index contributed by atoms with van der Waals surface area (Å²) in [5, 5.41) is 4.85. The lowest BCUT2D eigenvalue weighted by atomic mass is 10.00. The molecule has 0 bridgehead atoms. The fourth-order valence-electron chi connectivity index (χ4n) is 3.25. The van der Waals surface area contributed by atoms with Crippen LogP contribution in [-0.4, -0.2) is 66.5 Å². The van der Waals surface area contributed by atoms with Gasteiger partial charge in [-0.15, -0.1) is 0 Å². The first-order chi connectivity index (χ1) is 16.3. The van der Waals surface area contributed by atoms with E-state index in [9.17, 15) is 24.0 Å². The second-order valence-corrected chi connectivity index (χ2v) is 8.79. The first kappa shape index (κ1) is 29.4. The lowest BCUT2D eigenvalue weighted by molar-refractivity contribution is -0.145. The van der Waals surface area contributed by atoms with E-state index in [2.05, 4.69) is 15.4 Å². The molecule has 0 aliphatic heterocycles. The van der Waals surface area contributed by atoms with Gasteiger partial charge in [0, 0.05) is 6.54 Å². The average molecular weight is 493 g/mol. The van der Waals surface area contributed by atoms with Crippen molar-refractivity contribution in [2.45, 2.75) is 65.1 Å². The van der Waals surface area contributed by atoms with E-state index in [0.717, 1.165) is 12.0 Å². The summed E-state index contributed by atoms with van der Waals surface area (Å²) in [7, 11) is 1.19. The van der Waals surface area contributed by atoms with Gasteiger partial charge in [-0.05, 0) is 45.2 Å². The van der Waals surface area contributed by atoms with Gasteiger partial charge >= 0.3 is 12.1 Å². The number of hydrogen-bond acceptors (Lipinski definition) is 7. The van der Waals surface area contributed by atoms with Gasteiger partial charge in [-0.25, -0.2) is 4.79 Å². The number of carbonyl (C=O) groups excluding carboxylic acids is 5. The number of primary amides is 1. The van der Waals surface area contributed by atoms with Crippen molar-refractivity contribution >= 4 is 29.8 Å². The van der Waals surface area contributed by atoms with Crippen molar-refractivity contribution < 1.29 is 33.4 Å². The largest absolute Gasteiger partial charge is 0.468 e. The smallest absolute Gasteiger partial charge is 0.408 e. The van der Waals surface area contributed by atoms with E-state index < -0.39 is 60.4 Å². The van der Waals surface area contributed by atoms with Crippen LogP contribution in [0.25, 0.3) is 0 Å². The normalized spacial score (nSPS) is 12.6. The summed E-state index contributed by atoms with van der Waals surface area (Å²) in [6.07, 6.45) is -0.636. The topological polar surface area (TPSA) is 157 Å². The van der Waals surface area contributed by atoms with Crippen LogP contribution < -0.4 is 16.4 Å². The number of nitrogens with one attached hydrogen (secondary N) is 2. The van der Waals surface area contributed by atoms with Crippen LogP contribution >= 0.6 is 0 Å². The van der Waals surface area contributed by atoms with Crippen molar-refractivity contribution in [1.82, 2.24) is 15.5 Å². The molecule has 0 saturated carbocycles. The number of benzene rings is 1. The number of likely N-dealkylation sites (N-methyl/N-ethyl adjacent to an activating group) is 1. The van der Waals surface area contributed by atoms with Crippen LogP contribution in [0.5, 0.6) is 0 Å². The maximum Gasteiger partial charge on any atom is 0.408 e. The first-order valence-electron chi connectivity index (χ1n) is 11.3. The van der Waals surface area contributed by atoms with E-state index in [0.29, 0.717) is 5.56 Å². The number of carbonyl (C=O) groups is 5. The molecule has 2 atom stereocenters. The number of hydrogen-bond donors (Lipinski definition) is 3. The maximum absolute atomic E-state index is 13.5. The van der Waals surface area contributed by atoms with Gasteiger partial charge < -0.3 is 30.7 Å². The Bertz CT molecular complexity index is 909. The molecular formula is C24H36N4O7. The van der Waals surface area contributed by atoms with Gasteiger partial charge in [-0.1, -0.05) is 31.2 Å². The number of esters is 1. The lowest BCUT2D eigenvalue weighted by Crippen LogP contribution is -2.54. The summed E-state index contributed by atoms with van der Waals surface area (Å²) < 4.78 is 9.77. The standard InChI is InChI=1S/C24H36N4O7/c1-7-15-9-11-16(12-10-15)20(21(31)26-14-19(30)34-6)28(8-2)22(32)17(13-18(25)29)27-23(33)35-24(3,4)5/h9-12,17,20H,7-8,13-14H2,1-6H3,(H2,25,29)(H,26,31)(H,27,33). The third kappa shape index (κ3) is 9.63. The van der Waals surface area contributed by atoms with Gasteiger partial charge in [0.2, 0.25) is 17.7 Å². The Balaban J connectivity index is 3.36. The summed E-state index contributed by atoms with van der Waals surface area (Å²) in [5.74, 6) is -2.83. The van der Waals surface area contributed by atoms with Crippen molar-refractivity contribution in [2.24, 2.45) is 5.73 Å². The van der Waals surface area contributed by atoms with E-state index in [1.807, 2.05) is 19.1 Å². The summed E-state index contributed by atoms with van der Waals surface area (Å²) >= 11 is 0. The van der Waals surface area contributed by atoms with Gasteiger partial charge in [0.1, 0.15) is 24.2 Å². The molecule has 11 nitrogen and oxygen atoms in total. The molecule has 194 valence electrons. The molecule has 2 unspecified atom stereocenters. The number of nitrogens with two attached hydrogens (primary N) is 1. The SMILES string of the molecule is CCc1ccc(C(C(=O)NCC(=O)OC)N(CC)C(=O)C(CC(N)=O)NC(=O)OC(C)(C)C)cc1. The van der Waals surface area contributed by atoms with E-state index in [-0.39, 0.29) is 6.54 Å². The molecule has 0 fully saturated rings. The van der Waals surface area contributed by atoms with Crippen molar-refractivity contribution in [1.29, 1.82) is 0 Å². The van der Waals surface area contributed by atoms with Gasteiger partial charge in [-0.2, -0.15) is 0 Å². The summed E-state index contributed by atoms with van der Waals surface area (Å²) in [5.41, 5.74) is 5.98. The number of aryl methyl sites for hydroxylation is 1. The van der Waals surface area contributed by atoms with Crippen LogP contribution in [-0.2, 0) is 35.1 Å². The van der Waals surface area contributed by atoms with Crippen molar-refractivity contribution in [3.8, 4) is 0 Å². The molecule has 35 heavy (non-hydrogen) atoms. The summed E-state index contributed by atoms with van der Waals surface area (Å²) in [6.45, 7) is 8.23. The molecule has 0 radical (unpaired) electrons. The zero-order chi connectivity index (χ0) is 26.8. The first-order valence-corrected chi connectivity index (χ1v) is 11.3. The Hall–Kier alpha value is -3.63. The monoisotopic (exact) mass is 492 g/mol. The molecule has 0 aliphatic rings. The van der Waals surface area contributed by atoms with E-state index in [1.54, 1.807) is 39.8 Å². The Labute approximate surface area is 205 Å². The maximum atomic E-state index is 13.5. The third-order valence-corrected chi connectivity index (χ3v) is 4.92. The molecule has 4 N–H and O–H groups in total.